The Hall–Kier alpha value is -3.80. The van der Waals surface area contributed by atoms with Crippen molar-refractivity contribution in [3.8, 4) is 5.75 Å². The normalized spacial score (nSPS) is 10.2. The van der Waals surface area contributed by atoms with Crippen LogP contribution in [0, 0.1) is 6.92 Å². The van der Waals surface area contributed by atoms with Crippen LogP contribution in [0.25, 0.3) is 0 Å². The predicted molar refractivity (Wildman–Crippen MR) is 101 cm³/mol. The Morgan fingerprint density at radius 1 is 0.750 bits per heavy atom. The summed E-state index contributed by atoms with van der Waals surface area (Å²) >= 11 is 0. The molecule has 0 saturated carbocycles. The number of Topliss-reactive ketones (excluding diaryl/α,β-unsaturated/α-hetero) is 1. The molecule has 0 aliphatic rings. The molecule has 0 bridgehead atoms. The summed E-state index contributed by atoms with van der Waals surface area (Å²) < 4.78 is 10.3. The second kappa shape index (κ2) is 8.73. The van der Waals surface area contributed by atoms with E-state index in [9.17, 15) is 14.4 Å². The first kappa shape index (κ1) is 19.0. The van der Waals surface area contributed by atoms with Gasteiger partial charge in [-0.2, -0.15) is 0 Å². The van der Waals surface area contributed by atoms with Crippen LogP contribution in [0.2, 0.25) is 0 Å². The van der Waals surface area contributed by atoms with E-state index in [2.05, 4.69) is 4.98 Å². The van der Waals surface area contributed by atoms with Crippen molar-refractivity contribution in [2.75, 3.05) is 6.61 Å². The lowest BCUT2D eigenvalue weighted by molar-refractivity contribution is 0.0474. The highest BCUT2D eigenvalue weighted by Crippen LogP contribution is 2.15. The maximum absolute atomic E-state index is 12.2. The average Bonchev–Trinajstić information content (AvgIpc) is 2.73. The third kappa shape index (κ3) is 4.88. The Bertz CT molecular complexity index is 980. The van der Waals surface area contributed by atoms with Crippen molar-refractivity contribution in [1.82, 2.24) is 4.98 Å². The van der Waals surface area contributed by atoms with E-state index in [1.54, 1.807) is 12.1 Å². The van der Waals surface area contributed by atoms with E-state index in [0.29, 0.717) is 22.4 Å². The molecule has 6 nitrogen and oxygen atoms in total. The second-order valence-electron chi connectivity index (χ2n) is 6.02. The number of aryl methyl sites for hydroxylation is 1. The fraction of sp³-hybridized carbons (Fsp3) is 0.0909. The van der Waals surface area contributed by atoms with Crippen LogP contribution < -0.4 is 4.74 Å². The van der Waals surface area contributed by atoms with Gasteiger partial charge >= 0.3 is 11.9 Å². The van der Waals surface area contributed by atoms with Gasteiger partial charge in [0.05, 0.1) is 11.1 Å². The topological polar surface area (TPSA) is 82.6 Å². The maximum Gasteiger partial charge on any atom is 0.343 e. The number of hydrogen-bond donors (Lipinski definition) is 0. The largest absolute Gasteiger partial charge is 0.454 e. The summed E-state index contributed by atoms with van der Waals surface area (Å²) in [7, 11) is 0. The zero-order chi connectivity index (χ0) is 19.9. The van der Waals surface area contributed by atoms with Crippen molar-refractivity contribution < 1.29 is 23.9 Å². The number of ketones is 1. The molecule has 0 radical (unpaired) electrons. The van der Waals surface area contributed by atoms with Gasteiger partial charge in [-0.25, -0.2) is 9.59 Å². The molecule has 0 fully saturated rings. The summed E-state index contributed by atoms with van der Waals surface area (Å²) in [5, 5.41) is 0. The van der Waals surface area contributed by atoms with Gasteiger partial charge in [-0.05, 0) is 55.5 Å². The summed E-state index contributed by atoms with van der Waals surface area (Å²) in [4.78, 5) is 39.9. The highest BCUT2D eigenvalue weighted by molar-refractivity contribution is 5.99. The number of esters is 2. The highest BCUT2D eigenvalue weighted by Gasteiger charge is 2.13. The van der Waals surface area contributed by atoms with E-state index in [1.165, 1.54) is 48.8 Å². The first-order valence-electron chi connectivity index (χ1n) is 8.52. The number of carbonyl (C=O) groups is 3. The van der Waals surface area contributed by atoms with Crippen molar-refractivity contribution in [3.63, 3.8) is 0 Å². The SMILES string of the molecule is Cc1ccc(C(=O)Oc2ccc(C(=O)COC(=O)c3ccncc3)cc2)cc1. The summed E-state index contributed by atoms with van der Waals surface area (Å²) in [6.45, 7) is 1.54. The van der Waals surface area contributed by atoms with Crippen LogP contribution in [0.4, 0.5) is 0 Å². The first-order valence-corrected chi connectivity index (χ1v) is 8.52. The monoisotopic (exact) mass is 375 g/mol. The van der Waals surface area contributed by atoms with Crippen LogP contribution >= 0.6 is 0 Å². The third-order valence-electron chi connectivity index (χ3n) is 3.92. The molecule has 3 aromatic rings. The lowest BCUT2D eigenvalue weighted by Gasteiger charge is -2.07. The number of aromatic nitrogens is 1. The molecule has 0 atom stereocenters. The van der Waals surface area contributed by atoms with Crippen LogP contribution in [-0.4, -0.2) is 29.3 Å². The lowest BCUT2D eigenvalue weighted by atomic mass is 10.1. The van der Waals surface area contributed by atoms with Crippen LogP contribution in [0.3, 0.4) is 0 Å². The maximum atomic E-state index is 12.2. The zero-order valence-corrected chi connectivity index (χ0v) is 15.1. The van der Waals surface area contributed by atoms with Gasteiger partial charge < -0.3 is 9.47 Å². The quantitative estimate of drug-likeness (QED) is 0.372. The van der Waals surface area contributed by atoms with Crippen molar-refractivity contribution in [2.45, 2.75) is 6.92 Å². The second-order valence-corrected chi connectivity index (χ2v) is 6.02. The highest BCUT2D eigenvalue weighted by atomic mass is 16.5. The van der Waals surface area contributed by atoms with E-state index < -0.39 is 11.9 Å². The Kier molecular flexibility index (Phi) is 5.91. The minimum atomic E-state index is -0.598. The minimum Gasteiger partial charge on any atom is -0.454 e. The molecule has 0 aliphatic heterocycles. The molecule has 0 N–H and O–H groups in total. The lowest BCUT2D eigenvalue weighted by Crippen LogP contribution is -2.14. The van der Waals surface area contributed by atoms with Gasteiger partial charge in [0.1, 0.15) is 5.75 Å². The van der Waals surface area contributed by atoms with Gasteiger partial charge in [0.15, 0.2) is 12.4 Å². The van der Waals surface area contributed by atoms with E-state index >= 15 is 0 Å². The first-order chi connectivity index (χ1) is 13.5. The molecule has 6 heteroatoms. The van der Waals surface area contributed by atoms with Crippen molar-refractivity contribution in [2.24, 2.45) is 0 Å². The molecule has 3 rings (SSSR count). The summed E-state index contributed by atoms with van der Waals surface area (Å²) in [5.41, 5.74) is 2.15. The van der Waals surface area contributed by atoms with E-state index in [-0.39, 0.29) is 12.4 Å². The van der Waals surface area contributed by atoms with E-state index in [0.717, 1.165) is 5.56 Å². The van der Waals surface area contributed by atoms with Gasteiger partial charge in [-0.15, -0.1) is 0 Å². The van der Waals surface area contributed by atoms with Gasteiger partial charge in [-0.1, -0.05) is 17.7 Å². The van der Waals surface area contributed by atoms with Gasteiger partial charge in [0, 0.05) is 18.0 Å². The summed E-state index contributed by atoms with van der Waals surface area (Å²) in [6.07, 6.45) is 2.93. The molecule has 0 spiro atoms. The Morgan fingerprint density at radius 3 is 1.96 bits per heavy atom. The van der Waals surface area contributed by atoms with E-state index in [1.807, 2.05) is 19.1 Å². The Balaban J connectivity index is 1.56. The molecule has 28 heavy (non-hydrogen) atoms. The molecule has 2 aromatic carbocycles. The molecule has 0 saturated heterocycles. The molecule has 0 unspecified atom stereocenters. The smallest absolute Gasteiger partial charge is 0.343 e. The molecule has 0 amide bonds. The molecule has 1 aromatic heterocycles. The number of hydrogen-bond acceptors (Lipinski definition) is 6. The zero-order valence-electron chi connectivity index (χ0n) is 15.1. The molecular formula is C22H17NO5. The van der Waals surface area contributed by atoms with Crippen molar-refractivity contribution in [3.05, 3.63) is 95.3 Å². The molecule has 1 heterocycles. The number of rotatable bonds is 6. The van der Waals surface area contributed by atoms with Crippen LogP contribution in [0.15, 0.2) is 73.1 Å². The standard InChI is InChI=1S/C22H17NO5/c1-15-2-4-17(5-3-15)22(26)28-19-8-6-16(7-9-19)20(24)14-27-21(25)18-10-12-23-13-11-18/h2-13H,14H2,1H3. The summed E-state index contributed by atoms with van der Waals surface area (Å²) in [6, 6.07) is 16.1. The molecule has 140 valence electrons. The minimum absolute atomic E-state index is 0.316. The average molecular weight is 375 g/mol. The van der Waals surface area contributed by atoms with Crippen LogP contribution in [0.5, 0.6) is 5.75 Å². The van der Waals surface area contributed by atoms with Gasteiger partial charge in [0.2, 0.25) is 0 Å². The van der Waals surface area contributed by atoms with Crippen LogP contribution in [-0.2, 0) is 4.74 Å². The fourth-order valence-corrected chi connectivity index (χ4v) is 2.35. The number of ether oxygens (including phenoxy) is 2. The van der Waals surface area contributed by atoms with Crippen molar-refractivity contribution in [1.29, 1.82) is 0 Å². The van der Waals surface area contributed by atoms with Crippen molar-refractivity contribution >= 4 is 17.7 Å². The number of pyridine rings is 1. The number of carbonyl (C=O) groups excluding carboxylic acids is 3. The summed E-state index contributed by atoms with van der Waals surface area (Å²) in [5.74, 6) is -1.13. The van der Waals surface area contributed by atoms with Crippen LogP contribution in [0.1, 0.15) is 36.6 Å². The Labute approximate surface area is 161 Å². The number of nitrogens with zero attached hydrogens (tertiary/aromatic N) is 1. The number of benzene rings is 2. The van der Waals surface area contributed by atoms with Gasteiger partial charge in [0.25, 0.3) is 0 Å². The molecular weight excluding hydrogens is 358 g/mol. The predicted octanol–water partition coefficient (Wildman–Crippen LogP) is 3.65. The molecule has 0 aliphatic carbocycles. The Morgan fingerprint density at radius 2 is 1.32 bits per heavy atom. The van der Waals surface area contributed by atoms with Gasteiger partial charge in [-0.3, -0.25) is 9.78 Å². The van der Waals surface area contributed by atoms with E-state index in [4.69, 9.17) is 9.47 Å². The third-order valence-corrected chi connectivity index (χ3v) is 3.92. The fourth-order valence-electron chi connectivity index (χ4n) is 2.35.